The van der Waals surface area contributed by atoms with Crippen LogP contribution in [0.4, 0.5) is 158 Å². The lowest BCUT2D eigenvalue weighted by molar-refractivity contribution is -0.394. The average molecular weight is 986 g/mol. The van der Waals surface area contributed by atoms with Gasteiger partial charge in [0.2, 0.25) is 0 Å². The Balaban J connectivity index is 9.76. The highest BCUT2D eigenvalue weighted by atomic mass is 31.2. The maximum absolute atomic E-state index is 14.6. The quantitative estimate of drug-likeness (QED) is 0.129. The first-order chi connectivity index (χ1) is 23.7. The fourth-order valence-corrected chi connectivity index (χ4v) is 8.61. The first-order valence-electron chi connectivity index (χ1n) is 11.4. The summed E-state index contributed by atoms with van der Waals surface area (Å²) in [5.74, 6) is -79.2. The lowest BCUT2D eigenvalue weighted by atomic mass is 10.1. The molecular weight excluding hydrogens is 986 g/mol. The van der Waals surface area contributed by atoms with Crippen molar-refractivity contribution in [3.05, 3.63) is 0 Å². The summed E-state index contributed by atoms with van der Waals surface area (Å²) in [4.78, 5) is 0. The number of hydrogen-bond acceptors (Lipinski definition) is 3. The van der Waals surface area contributed by atoms with E-state index in [1.165, 1.54) is 0 Å². The lowest BCUT2D eigenvalue weighted by Gasteiger charge is -2.46. The molecule has 0 spiro atoms. The van der Waals surface area contributed by atoms with Crippen molar-refractivity contribution in [2.75, 3.05) is 0 Å². The first kappa shape index (κ1) is 54.9. The van der Waals surface area contributed by atoms with Gasteiger partial charge in [-0.05, 0) is 0 Å². The summed E-state index contributed by atoms with van der Waals surface area (Å²) in [6, 6.07) is 0. The van der Waals surface area contributed by atoms with Crippen molar-refractivity contribution < 1.29 is 171 Å². The Bertz CT molecular complexity index is 1360. The largest absolute Gasteiger partial charge is 0.460 e. The van der Waals surface area contributed by atoms with Crippen LogP contribution in [0, 0.1) is 0 Å². The molecule has 0 rings (SSSR count). The lowest BCUT2D eigenvalue weighted by Crippen LogP contribution is -2.67. The Labute approximate surface area is 282 Å². The summed E-state index contributed by atoms with van der Waals surface area (Å²) >= 11 is 0. The van der Waals surface area contributed by atoms with E-state index in [0.717, 1.165) is 0 Å². The van der Waals surface area contributed by atoms with E-state index in [1.807, 2.05) is 0 Å². The van der Waals surface area contributed by atoms with Crippen molar-refractivity contribution in [2.45, 2.75) is 94.7 Å². The van der Waals surface area contributed by atoms with Crippen LogP contribution < -0.4 is 0 Å². The van der Waals surface area contributed by atoms with Crippen LogP contribution in [0.25, 0.3) is 0 Å². The molecule has 0 unspecified atom stereocenters. The summed E-state index contributed by atoms with van der Waals surface area (Å²) in [5, 5.41) is 0. The van der Waals surface area contributed by atoms with E-state index in [9.17, 15) is 167 Å². The topological polar surface area (TPSA) is 43.4 Å². The molecule has 57 heavy (non-hydrogen) atoms. The van der Waals surface area contributed by atoms with Gasteiger partial charge in [-0.25, -0.2) is 0 Å². The normalized spacial score (nSPS) is 17.3. The minimum Gasteiger partial charge on any atom is -0.279 e. The van der Waals surface area contributed by atoms with Crippen molar-refractivity contribution in [3.8, 4) is 0 Å². The molecular formula is C16F36O3P2. The van der Waals surface area contributed by atoms with Gasteiger partial charge in [0.25, 0.3) is 0 Å². The molecule has 0 aliphatic carbocycles. The van der Waals surface area contributed by atoms with Gasteiger partial charge in [-0.2, -0.15) is 158 Å². The second-order valence-corrected chi connectivity index (χ2v) is 15.0. The second kappa shape index (κ2) is 13.2. The molecule has 0 aliphatic rings. The molecule has 0 aromatic carbocycles. The Morgan fingerprint density at radius 2 is 0.316 bits per heavy atom. The highest BCUT2D eigenvalue weighted by molar-refractivity contribution is 7.74. The highest BCUT2D eigenvalue weighted by Crippen LogP contribution is 2.91. The number of alkyl halides is 36. The Morgan fingerprint density at radius 1 is 0.211 bits per heavy atom. The molecule has 0 saturated carbocycles. The van der Waals surface area contributed by atoms with Gasteiger partial charge in [0.15, 0.2) is 0 Å². The third kappa shape index (κ3) is 6.64. The van der Waals surface area contributed by atoms with Crippen LogP contribution in [0.1, 0.15) is 0 Å². The molecule has 0 fully saturated rings. The third-order valence-corrected chi connectivity index (χ3v) is 12.1. The predicted octanol–water partition coefficient (Wildman–Crippen LogP) is 13.3. The van der Waals surface area contributed by atoms with Gasteiger partial charge in [0.05, 0.1) is 0 Å². The van der Waals surface area contributed by atoms with Gasteiger partial charge in [0, 0.05) is 0 Å². The molecule has 0 N–H and O–H groups in total. The molecule has 0 aliphatic heterocycles. The Morgan fingerprint density at radius 3 is 0.404 bits per heavy atom. The van der Waals surface area contributed by atoms with E-state index < -0.39 is 109 Å². The summed E-state index contributed by atoms with van der Waals surface area (Å²) in [5.41, 5.74) is -42.6. The van der Waals surface area contributed by atoms with Crippen molar-refractivity contribution in [3.63, 3.8) is 0 Å². The molecule has 0 radical (unpaired) electrons. The molecule has 0 saturated heterocycles. The number of halogens is 36. The van der Waals surface area contributed by atoms with Crippen LogP contribution in [0.15, 0.2) is 0 Å². The van der Waals surface area contributed by atoms with Crippen LogP contribution in [0.3, 0.4) is 0 Å². The van der Waals surface area contributed by atoms with Gasteiger partial charge in [-0.3, -0.25) is 13.4 Å². The zero-order valence-electron chi connectivity index (χ0n) is 23.7. The number of hydrogen-bond donors (Lipinski definition) is 0. The summed E-state index contributed by atoms with van der Waals surface area (Å²) in [6.45, 7) is 0. The minimum absolute atomic E-state index is 0.450. The molecule has 0 bridgehead atoms. The smallest absolute Gasteiger partial charge is 0.279 e. The zero-order chi connectivity index (χ0) is 47.7. The molecule has 3 nitrogen and oxygen atoms in total. The molecule has 41 heteroatoms. The number of rotatable bonds is 14. The fraction of sp³-hybridized carbons (Fsp3) is 1.00. The molecule has 0 heterocycles. The van der Waals surface area contributed by atoms with E-state index >= 15 is 0 Å². The Hall–Kier alpha value is -2.10. The van der Waals surface area contributed by atoms with Gasteiger partial charge in [-0.1, -0.05) is 0 Å². The maximum Gasteiger partial charge on any atom is 0.460 e. The van der Waals surface area contributed by atoms with Crippen molar-refractivity contribution in [1.29, 1.82) is 0 Å². The second-order valence-electron chi connectivity index (χ2n) is 9.94. The summed E-state index contributed by atoms with van der Waals surface area (Å²) in [7, 11) is -25.8. The van der Waals surface area contributed by atoms with Gasteiger partial charge >= 0.3 is 109 Å². The van der Waals surface area contributed by atoms with Crippen LogP contribution in [-0.4, -0.2) is 94.7 Å². The summed E-state index contributed by atoms with van der Waals surface area (Å²) in [6.07, 6.45) is -35.8. The summed E-state index contributed by atoms with van der Waals surface area (Å²) < 4.78 is 510. The molecule has 0 atom stereocenters. The van der Waals surface area contributed by atoms with Crippen molar-refractivity contribution in [2.24, 2.45) is 0 Å². The van der Waals surface area contributed by atoms with E-state index in [1.54, 1.807) is 0 Å². The monoisotopic (exact) mass is 986 g/mol. The van der Waals surface area contributed by atoms with E-state index in [0.29, 0.717) is 4.31 Å². The van der Waals surface area contributed by atoms with Crippen LogP contribution in [0.2, 0.25) is 0 Å². The molecule has 0 aromatic heterocycles. The van der Waals surface area contributed by atoms with Crippen molar-refractivity contribution >= 4 is 14.7 Å². The van der Waals surface area contributed by atoms with Crippen LogP contribution in [0.5, 0.6) is 0 Å². The highest BCUT2D eigenvalue weighted by Gasteiger charge is 3.00. The van der Waals surface area contributed by atoms with Crippen molar-refractivity contribution in [1.82, 2.24) is 0 Å². The van der Waals surface area contributed by atoms with E-state index in [-0.39, 0.29) is 0 Å². The SMILES string of the molecule is O=P(OP(=O)(C(F)(F)C(F)(F)C(F)(F)C(F)(F)F)C(F)(F)C(F)(F)C(F)(F)C(F)(F)F)(C(F)(F)C(F)(F)C(F)(F)C(F)(F)F)C(F)(F)C(F)(F)C(F)(F)C(F)(F)F. The van der Waals surface area contributed by atoms with Gasteiger partial charge < -0.3 is 0 Å². The zero-order valence-corrected chi connectivity index (χ0v) is 25.5. The molecule has 344 valence electrons. The van der Waals surface area contributed by atoms with Gasteiger partial charge in [-0.15, -0.1) is 0 Å². The molecule has 0 amide bonds. The van der Waals surface area contributed by atoms with E-state index in [4.69, 9.17) is 0 Å². The predicted molar refractivity (Wildman–Crippen MR) is 99.9 cm³/mol. The van der Waals surface area contributed by atoms with Crippen LogP contribution in [-0.2, 0) is 13.4 Å². The Kier molecular flexibility index (Phi) is 12.7. The van der Waals surface area contributed by atoms with Gasteiger partial charge in [0.1, 0.15) is 0 Å². The molecule has 0 aromatic rings. The minimum atomic E-state index is -12.9. The standard InChI is InChI=1S/C16F36O3P2/c17-1(18,9(33,34)35)5(25,26)13(45,46)56(53,14(47,48)6(27,28)2(19,20)10(36,37)38)55-57(54,15(49,50)7(29,30)3(21,22)11(39,40)41)16(51,52)8(31,32)4(23,24)12(42,43)44. The third-order valence-electron chi connectivity index (χ3n) is 6.22. The van der Waals surface area contributed by atoms with Crippen LogP contribution >= 0.6 is 14.7 Å². The average Bonchev–Trinajstić information content (AvgIpc) is 2.93. The first-order valence-corrected chi connectivity index (χ1v) is 14.7. The maximum atomic E-state index is 14.6. The van der Waals surface area contributed by atoms with E-state index in [2.05, 4.69) is 0 Å². The fourth-order valence-electron chi connectivity index (χ4n) is 2.93.